The van der Waals surface area contributed by atoms with Gasteiger partial charge in [-0.2, -0.15) is 0 Å². The van der Waals surface area contributed by atoms with Crippen molar-refractivity contribution in [3.63, 3.8) is 0 Å². The van der Waals surface area contributed by atoms with E-state index in [1.807, 2.05) is 0 Å². The minimum Gasteiger partial charge on any atom is -0.507 e. The molecule has 2 aromatic carbocycles. The SMILES string of the molecule is C1CCC2CCCCC2C1.C=C1NNC(C2=C(O)c3ccccc3S(=C)(=O)C2/C=C/c2cccc(OC)c2O)N1. The highest BCUT2D eigenvalue weighted by Gasteiger charge is 2.39. The lowest BCUT2D eigenvalue weighted by molar-refractivity contribution is 0.171. The number of hydrazine groups is 1. The van der Waals surface area contributed by atoms with E-state index < -0.39 is 20.9 Å². The number of hydrogen-bond donors (Lipinski definition) is 5. The minimum atomic E-state index is -2.87. The maximum atomic E-state index is 13.9. The first-order valence-electron chi connectivity index (χ1n) is 14.2. The average molecular weight is 564 g/mol. The van der Waals surface area contributed by atoms with Crippen molar-refractivity contribution in [1.82, 2.24) is 16.2 Å². The molecule has 8 heteroatoms. The van der Waals surface area contributed by atoms with E-state index in [4.69, 9.17) is 4.74 Å². The Kier molecular flexibility index (Phi) is 8.47. The lowest BCUT2D eigenvalue weighted by Crippen LogP contribution is -2.43. The molecule has 7 nitrogen and oxygen atoms in total. The zero-order valence-corrected chi connectivity index (χ0v) is 24.0. The number of methoxy groups -OCH3 is 1. The van der Waals surface area contributed by atoms with E-state index in [-0.39, 0.29) is 11.5 Å². The second kappa shape index (κ2) is 12.0. The fourth-order valence-electron chi connectivity index (χ4n) is 6.58. The Morgan fingerprint density at radius 2 is 1.62 bits per heavy atom. The Labute approximate surface area is 238 Å². The van der Waals surface area contributed by atoms with Crippen molar-refractivity contribution < 1.29 is 19.2 Å². The van der Waals surface area contributed by atoms with Crippen molar-refractivity contribution in [2.24, 2.45) is 11.8 Å². The van der Waals surface area contributed by atoms with Crippen molar-refractivity contribution >= 4 is 27.2 Å². The third-order valence-corrected chi connectivity index (χ3v) is 11.0. The molecule has 2 heterocycles. The third-order valence-electron chi connectivity index (χ3n) is 8.67. The number of benzene rings is 2. The number of ether oxygens (including phenoxy) is 1. The van der Waals surface area contributed by atoms with Crippen molar-refractivity contribution in [3.8, 4) is 11.5 Å². The van der Waals surface area contributed by atoms with Crippen LogP contribution < -0.4 is 20.9 Å². The van der Waals surface area contributed by atoms with Gasteiger partial charge in [0.15, 0.2) is 11.5 Å². The first-order valence-corrected chi connectivity index (χ1v) is 16.0. The average Bonchev–Trinajstić information content (AvgIpc) is 3.41. The summed E-state index contributed by atoms with van der Waals surface area (Å²) < 4.78 is 19.0. The standard InChI is InChI=1S/C22H23N3O4S.C10H18/c1-13-23-22(25-24-13)19-18(12-11-14-7-6-9-16(29-2)20(14)26)30(3,28)17-10-5-4-8-15(17)21(19)27;1-2-6-10-8-4-3-7-9(10)5-1/h4-12,18,22-27H,1,3H2,2H3;9-10H,1-8H2/b12-11+;. The summed E-state index contributed by atoms with van der Waals surface area (Å²) in [7, 11) is -1.40. The summed E-state index contributed by atoms with van der Waals surface area (Å²) in [4.78, 5) is 0.487. The normalized spacial score (nSPS) is 29.5. The van der Waals surface area contributed by atoms with E-state index in [1.165, 1.54) is 32.8 Å². The first-order chi connectivity index (χ1) is 19.3. The molecule has 3 fully saturated rings. The van der Waals surface area contributed by atoms with Crippen LogP contribution in [0.5, 0.6) is 11.5 Å². The van der Waals surface area contributed by atoms with Crippen LogP contribution in [0, 0.1) is 11.8 Å². The molecule has 214 valence electrons. The van der Waals surface area contributed by atoms with Crippen LogP contribution in [0.3, 0.4) is 0 Å². The van der Waals surface area contributed by atoms with Gasteiger partial charge in [-0.15, -0.1) is 0 Å². The molecule has 0 aromatic heterocycles. The van der Waals surface area contributed by atoms with Gasteiger partial charge in [0.1, 0.15) is 17.7 Å². The highest BCUT2D eigenvalue weighted by atomic mass is 32.2. The molecule has 5 N–H and O–H groups in total. The van der Waals surface area contributed by atoms with Gasteiger partial charge < -0.3 is 25.7 Å². The van der Waals surface area contributed by atoms with Crippen LogP contribution in [0.2, 0.25) is 0 Å². The molecule has 4 aliphatic rings. The molecule has 0 bridgehead atoms. The van der Waals surface area contributed by atoms with Crippen LogP contribution in [-0.2, 0) is 9.52 Å². The van der Waals surface area contributed by atoms with Crippen LogP contribution >= 0.6 is 0 Å². The van der Waals surface area contributed by atoms with Crippen LogP contribution in [0.4, 0.5) is 0 Å². The van der Waals surface area contributed by atoms with Crippen LogP contribution in [0.25, 0.3) is 11.8 Å². The number of aliphatic hydroxyl groups is 1. The molecule has 2 saturated carbocycles. The summed E-state index contributed by atoms with van der Waals surface area (Å²) >= 11 is 0. The van der Waals surface area contributed by atoms with Crippen molar-refractivity contribution in [3.05, 3.63) is 77.6 Å². The Morgan fingerprint density at radius 1 is 0.975 bits per heavy atom. The number of aromatic hydroxyl groups is 1. The number of phenols is 1. The number of hydrogen-bond acceptors (Lipinski definition) is 7. The van der Waals surface area contributed by atoms with Crippen LogP contribution in [0.1, 0.15) is 62.5 Å². The molecular formula is C32H41N3O4S. The van der Waals surface area contributed by atoms with Crippen molar-refractivity contribution in [1.29, 1.82) is 0 Å². The van der Waals surface area contributed by atoms with Crippen LogP contribution in [0.15, 0.2) is 71.4 Å². The van der Waals surface area contributed by atoms with Gasteiger partial charge >= 0.3 is 0 Å². The van der Waals surface area contributed by atoms with Gasteiger partial charge in [-0.3, -0.25) is 4.21 Å². The molecule has 6 rings (SSSR count). The Bertz CT molecular complexity index is 1390. The Morgan fingerprint density at radius 3 is 2.23 bits per heavy atom. The second-order valence-corrected chi connectivity index (χ2v) is 13.5. The Hall–Kier alpha value is -3.36. The molecule has 0 radical (unpaired) electrons. The van der Waals surface area contributed by atoms with Gasteiger partial charge in [0.2, 0.25) is 0 Å². The molecular weight excluding hydrogens is 522 g/mol. The maximum Gasteiger partial charge on any atom is 0.165 e. The van der Waals surface area contributed by atoms with E-state index >= 15 is 0 Å². The quantitative estimate of drug-likeness (QED) is 0.304. The molecule has 2 aliphatic heterocycles. The van der Waals surface area contributed by atoms with Gasteiger partial charge in [0.25, 0.3) is 0 Å². The van der Waals surface area contributed by atoms with Gasteiger partial charge in [-0.05, 0) is 29.8 Å². The second-order valence-electron chi connectivity index (χ2n) is 11.1. The molecule has 0 spiro atoms. The van der Waals surface area contributed by atoms with E-state index in [0.29, 0.717) is 33.2 Å². The predicted octanol–water partition coefficient (Wildman–Crippen LogP) is 5.70. The number of fused-ring (bicyclic) bond motifs is 2. The molecule has 0 amide bonds. The summed E-state index contributed by atoms with van der Waals surface area (Å²) in [5, 5.41) is 23.8. The molecule has 2 aromatic rings. The summed E-state index contributed by atoms with van der Waals surface area (Å²) in [6.07, 6.45) is 15.2. The van der Waals surface area contributed by atoms with Gasteiger partial charge in [0.05, 0.1) is 12.4 Å². The summed E-state index contributed by atoms with van der Waals surface area (Å²) in [5.74, 6) is 7.22. The molecule has 3 unspecified atom stereocenters. The highest BCUT2D eigenvalue weighted by molar-refractivity contribution is 8.01. The topological polar surface area (TPSA) is 103 Å². The largest absolute Gasteiger partial charge is 0.507 e. The number of nitrogens with one attached hydrogen (secondary N) is 3. The zero-order chi connectivity index (χ0) is 28.3. The van der Waals surface area contributed by atoms with Crippen molar-refractivity contribution in [2.75, 3.05) is 7.11 Å². The van der Waals surface area contributed by atoms with E-state index in [1.54, 1.807) is 80.3 Å². The smallest absolute Gasteiger partial charge is 0.165 e. The fourth-order valence-corrected chi connectivity index (χ4v) is 8.69. The minimum absolute atomic E-state index is 0.0232. The number of para-hydroxylation sites is 1. The molecule has 40 heavy (non-hydrogen) atoms. The number of rotatable bonds is 4. The third kappa shape index (κ3) is 5.60. The summed E-state index contributed by atoms with van der Waals surface area (Å²) in [6, 6.07) is 12.1. The number of phenolic OH excluding ortho intramolecular Hbond substituents is 1. The summed E-state index contributed by atoms with van der Waals surface area (Å²) in [5.41, 5.74) is 7.32. The molecule has 2 aliphatic carbocycles. The van der Waals surface area contributed by atoms with Crippen molar-refractivity contribution in [2.45, 2.75) is 67.7 Å². The molecule has 1 saturated heterocycles. The van der Waals surface area contributed by atoms with E-state index in [2.05, 4.69) is 28.6 Å². The van der Waals surface area contributed by atoms with E-state index in [0.717, 1.165) is 11.8 Å². The predicted molar refractivity (Wildman–Crippen MR) is 163 cm³/mol. The van der Waals surface area contributed by atoms with E-state index in [9.17, 15) is 14.4 Å². The summed E-state index contributed by atoms with van der Waals surface area (Å²) in [6.45, 7) is 3.81. The Balaban J connectivity index is 0.000000269. The molecule has 3 atom stereocenters. The van der Waals surface area contributed by atoms with Gasteiger partial charge in [-0.1, -0.05) is 100 Å². The zero-order valence-electron chi connectivity index (χ0n) is 23.2. The highest BCUT2D eigenvalue weighted by Crippen LogP contribution is 2.41. The maximum absolute atomic E-state index is 13.9. The van der Waals surface area contributed by atoms with Gasteiger partial charge in [0, 0.05) is 31.1 Å². The first kappa shape index (κ1) is 28.2. The lowest BCUT2D eigenvalue weighted by atomic mass is 9.71. The monoisotopic (exact) mass is 563 g/mol. The van der Waals surface area contributed by atoms with Crippen LogP contribution in [-0.4, -0.2) is 38.8 Å². The van der Waals surface area contributed by atoms with Gasteiger partial charge in [-0.25, -0.2) is 5.43 Å². The fraction of sp³-hybridized carbons (Fsp3) is 0.406. The number of aliphatic hydroxyl groups excluding tert-OH is 1. The lowest BCUT2D eigenvalue weighted by Gasteiger charge is -2.35.